The highest BCUT2D eigenvalue weighted by atomic mass is 32.1. The first kappa shape index (κ1) is 42.8. The fourth-order valence-corrected chi connectivity index (χ4v) is 9.03. The minimum Gasteiger partial charge on any atom is -0.493 e. The SMILES string of the molecule is COc1cc(-c2cc(-c3ccccc3)nc3c2CC(=O)Nc2ccccc2-3)ccc1OCC(=O)NC(C(=O)N1CCCC1C(=O)NCc1ccc(-c2scnc2C)cc1)C(C)(C)C. The number of pyridine rings is 1. The second kappa shape index (κ2) is 18.2. The average molecular weight is 863 g/mol. The van der Waals surface area contributed by atoms with Crippen molar-refractivity contribution in [3.63, 3.8) is 0 Å². The molecule has 322 valence electrons. The van der Waals surface area contributed by atoms with Gasteiger partial charge in [-0.15, -0.1) is 11.3 Å². The fourth-order valence-electron chi connectivity index (χ4n) is 8.22. The first-order valence-electron chi connectivity index (χ1n) is 21.0. The molecule has 0 saturated carbocycles. The van der Waals surface area contributed by atoms with Crippen molar-refractivity contribution >= 4 is 40.7 Å². The molecule has 4 heterocycles. The van der Waals surface area contributed by atoms with Crippen molar-refractivity contribution in [1.29, 1.82) is 0 Å². The predicted molar refractivity (Wildman–Crippen MR) is 245 cm³/mol. The molecule has 1 fully saturated rings. The third-order valence-electron chi connectivity index (χ3n) is 11.5. The van der Waals surface area contributed by atoms with Gasteiger partial charge in [0.25, 0.3) is 5.91 Å². The van der Waals surface area contributed by atoms with E-state index in [1.54, 1.807) is 22.3 Å². The summed E-state index contributed by atoms with van der Waals surface area (Å²) >= 11 is 1.59. The number of amides is 4. The van der Waals surface area contributed by atoms with E-state index in [0.717, 1.165) is 55.2 Å². The lowest BCUT2D eigenvalue weighted by atomic mass is 9.85. The van der Waals surface area contributed by atoms with Crippen molar-refractivity contribution in [2.24, 2.45) is 5.41 Å². The Labute approximate surface area is 371 Å². The number of anilines is 1. The summed E-state index contributed by atoms with van der Waals surface area (Å²) in [5.41, 5.74) is 10.4. The second-order valence-electron chi connectivity index (χ2n) is 16.9. The molecular formula is C50H50N6O6S. The lowest BCUT2D eigenvalue weighted by molar-refractivity contribution is -0.144. The van der Waals surface area contributed by atoms with Crippen LogP contribution < -0.4 is 25.4 Å². The van der Waals surface area contributed by atoms with Crippen LogP contribution in [-0.2, 0) is 32.1 Å². The molecule has 63 heavy (non-hydrogen) atoms. The summed E-state index contributed by atoms with van der Waals surface area (Å²) in [5, 5.41) is 8.97. The Bertz CT molecular complexity index is 2670. The van der Waals surface area contributed by atoms with Crippen molar-refractivity contribution in [3.8, 4) is 55.6 Å². The van der Waals surface area contributed by atoms with Gasteiger partial charge in [0.2, 0.25) is 17.7 Å². The lowest BCUT2D eigenvalue weighted by Crippen LogP contribution is -2.58. The van der Waals surface area contributed by atoms with Gasteiger partial charge in [0, 0.05) is 24.2 Å². The number of para-hydroxylation sites is 1. The van der Waals surface area contributed by atoms with Crippen LogP contribution in [0.2, 0.25) is 0 Å². The zero-order valence-electron chi connectivity index (χ0n) is 36.0. The number of ether oxygens (including phenoxy) is 2. The van der Waals surface area contributed by atoms with Gasteiger partial charge in [0.1, 0.15) is 12.1 Å². The predicted octanol–water partition coefficient (Wildman–Crippen LogP) is 8.23. The summed E-state index contributed by atoms with van der Waals surface area (Å²) in [4.78, 5) is 66.7. The van der Waals surface area contributed by atoms with Crippen molar-refractivity contribution < 1.29 is 28.7 Å². The summed E-state index contributed by atoms with van der Waals surface area (Å²) in [7, 11) is 1.52. The largest absolute Gasteiger partial charge is 0.493 e. The molecule has 2 unspecified atom stereocenters. The summed E-state index contributed by atoms with van der Waals surface area (Å²) in [6.45, 7) is 7.97. The molecule has 1 saturated heterocycles. The number of hydrogen-bond acceptors (Lipinski definition) is 9. The highest BCUT2D eigenvalue weighted by Gasteiger charge is 2.42. The summed E-state index contributed by atoms with van der Waals surface area (Å²) < 4.78 is 11.8. The van der Waals surface area contributed by atoms with E-state index in [1.165, 1.54) is 7.11 Å². The van der Waals surface area contributed by atoms with E-state index in [2.05, 4.69) is 20.9 Å². The highest BCUT2D eigenvalue weighted by molar-refractivity contribution is 7.13. The minimum atomic E-state index is -0.919. The van der Waals surface area contributed by atoms with Gasteiger partial charge in [0.15, 0.2) is 18.1 Å². The minimum absolute atomic E-state index is 0.113. The van der Waals surface area contributed by atoms with Crippen LogP contribution in [0.15, 0.2) is 109 Å². The van der Waals surface area contributed by atoms with E-state index in [4.69, 9.17) is 14.5 Å². The Morgan fingerprint density at radius 2 is 1.65 bits per heavy atom. The molecule has 8 rings (SSSR count). The summed E-state index contributed by atoms with van der Waals surface area (Å²) in [6, 6.07) is 31.4. The van der Waals surface area contributed by atoms with Crippen molar-refractivity contribution in [2.75, 3.05) is 25.6 Å². The molecule has 4 amide bonds. The quantitative estimate of drug-likeness (QED) is 0.111. The Morgan fingerprint density at radius 1 is 0.905 bits per heavy atom. The van der Waals surface area contributed by atoms with Crippen LogP contribution in [0.25, 0.3) is 44.1 Å². The number of hydrogen-bond donors (Lipinski definition) is 3. The van der Waals surface area contributed by atoms with Gasteiger partial charge < -0.3 is 30.3 Å². The first-order chi connectivity index (χ1) is 30.4. The number of benzene rings is 4. The molecule has 12 nitrogen and oxygen atoms in total. The molecule has 2 aliphatic rings. The van der Waals surface area contributed by atoms with Crippen LogP contribution in [-0.4, -0.2) is 70.8 Å². The van der Waals surface area contributed by atoms with Gasteiger partial charge in [-0.3, -0.25) is 19.2 Å². The maximum Gasteiger partial charge on any atom is 0.258 e. The topological polar surface area (TPSA) is 152 Å². The molecule has 0 spiro atoms. The van der Waals surface area contributed by atoms with Crippen LogP contribution in [0.4, 0.5) is 5.69 Å². The molecular weight excluding hydrogens is 813 g/mol. The van der Waals surface area contributed by atoms with Gasteiger partial charge in [0.05, 0.1) is 46.7 Å². The Morgan fingerprint density at radius 3 is 2.38 bits per heavy atom. The normalized spacial score (nSPS) is 15.0. The van der Waals surface area contributed by atoms with Crippen LogP contribution >= 0.6 is 11.3 Å². The number of carbonyl (C=O) groups is 4. The number of carbonyl (C=O) groups excluding carboxylic acids is 4. The Balaban J connectivity index is 0.958. The van der Waals surface area contributed by atoms with E-state index in [9.17, 15) is 19.2 Å². The van der Waals surface area contributed by atoms with E-state index in [1.807, 2.05) is 130 Å². The zero-order valence-corrected chi connectivity index (χ0v) is 36.8. The molecule has 2 aromatic heterocycles. The van der Waals surface area contributed by atoms with Crippen molar-refractivity contribution in [2.45, 2.75) is 65.6 Å². The Hall–Kier alpha value is -6.86. The van der Waals surface area contributed by atoms with E-state index >= 15 is 0 Å². The van der Waals surface area contributed by atoms with E-state index < -0.39 is 23.4 Å². The van der Waals surface area contributed by atoms with Gasteiger partial charge in [-0.05, 0) is 77.3 Å². The lowest BCUT2D eigenvalue weighted by Gasteiger charge is -2.35. The number of aryl methyl sites for hydroxylation is 1. The molecule has 3 N–H and O–H groups in total. The third-order valence-corrected chi connectivity index (χ3v) is 12.5. The van der Waals surface area contributed by atoms with Crippen LogP contribution in [0, 0.1) is 12.3 Å². The number of nitrogens with one attached hydrogen (secondary N) is 3. The van der Waals surface area contributed by atoms with Gasteiger partial charge in [-0.1, -0.05) is 99.6 Å². The molecule has 0 aliphatic carbocycles. The van der Waals surface area contributed by atoms with E-state index in [-0.39, 0.29) is 30.7 Å². The van der Waals surface area contributed by atoms with Gasteiger partial charge >= 0.3 is 0 Å². The maximum atomic E-state index is 14.2. The number of rotatable bonds is 12. The summed E-state index contributed by atoms with van der Waals surface area (Å²) in [6.07, 6.45) is 1.32. The molecule has 0 radical (unpaired) electrons. The summed E-state index contributed by atoms with van der Waals surface area (Å²) in [5.74, 6) is -0.485. The number of fused-ring (bicyclic) bond motifs is 3. The molecule has 0 bridgehead atoms. The van der Waals surface area contributed by atoms with E-state index in [0.29, 0.717) is 48.8 Å². The van der Waals surface area contributed by atoms with Crippen molar-refractivity contribution in [1.82, 2.24) is 25.5 Å². The van der Waals surface area contributed by atoms with Crippen molar-refractivity contribution in [3.05, 3.63) is 125 Å². The number of likely N-dealkylation sites (tertiary alicyclic amines) is 1. The molecule has 6 aromatic rings. The molecule has 4 aromatic carbocycles. The smallest absolute Gasteiger partial charge is 0.258 e. The monoisotopic (exact) mass is 862 g/mol. The standard InChI is InChI=1S/C50H50N6O6S/c1-30-46(63-29-52-30)33-19-17-31(18-20-33)27-51-48(59)40-16-11-23-56(40)49(60)47(50(2,3)4)55-44(58)28-62-41-22-21-34(24-42(41)61-5)36-25-39(32-12-7-6-8-13-32)54-45-35-14-9-10-15-38(35)53-43(57)26-37(36)45/h6-10,12-15,17-22,24-25,29,40,47H,11,16,23,26-28H2,1-5H3,(H,51,59)(H,53,57)(H,55,58). The van der Waals surface area contributed by atoms with Crippen LogP contribution in [0.3, 0.4) is 0 Å². The zero-order chi connectivity index (χ0) is 44.3. The van der Waals surface area contributed by atoms with Gasteiger partial charge in [-0.2, -0.15) is 0 Å². The molecule has 13 heteroatoms. The average Bonchev–Trinajstić information content (AvgIpc) is 3.93. The fraction of sp³-hybridized carbons (Fsp3) is 0.280. The van der Waals surface area contributed by atoms with Crippen LogP contribution in [0.5, 0.6) is 11.5 Å². The van der Waals surface area contributed by atoms with Gasteiger partial charge in [-0.25, -0.2) is 9.97 Å². The molecule has 2 aliphatic heterocycles. The number of methoxy groups -OCH3 is 1. The Kier molecular flexibility index (Phi) is 12.4. The first-order valence-corrected chi connectivity index (χ1v) is 21.9. The van der Waals surface area contributed by atoms with Crippen LogP contribution in [0.1, 0.15) is 50.4 Å². The third kappa shape index (κ3) is 9.34. The number of aromatic nitrogens is 2. The maximum absolute atomic E-state index is 14.2. The number of thiazole rings is 1. The number of nitrogens with zero attached hydrogens (tertiary/aromatic N) is 3. The highest BCUT2D eigenvalue weighted by Crippen LogP contribution is 2.42. The second-order valence-corrected chi connectivity index (χ2v) is 17.8. The molecule has 2 atom stereocenters.